The van der Waals surface area contributed by atoms with Crippen LogP contribution in [0.25, 0.3) is 11.1 Å². The van der Waals surface area contributed by atoms with Gasteiger partial charge in [-0.2, -0.15) is 5.10 Å². The largest absolute Gasteiger partial charge is 0.478 e. The Morgan fingerprint density at radius 2 is 2.08 bits per heavy atom. The van der Waals surface area contributed by atoms with Crippen LogP contribution in [0, 0.1) is 6.92 Å². The molecule has 0 fully saturated rings. The second-order valence-electron chi connectivity index (χ2n) is 5.42. The van der Waals surface area contributed by atoms with Crippen molar-refractivity contribution in [1.82, 2.24) is 9.66 Å². The van der Waals surface area contributed by atoms with E-state index < -0.39 is 5.97 Å². The van der Waals surface area contributed by atoms with Crippen molar-refractivity contribution in [2.24, 2.45) is 5.10 Å². The van der Waals surface area contributed by atoms with Crippen LogP contribution in [0.4, 0.5) is 5.95 Å². The van der Waals surface area contributed by atoms with Crippen molar-refractivity contribution < 1.29 is 9.90 Å². The van der Waals surface area contributed by atoms with Crippen LogP contribution in [0.3, 0.4) is 0 Å². The van der Waals surface area contributed by atoms with Crippen LogP contribution in [0.2, 0.25) is 5.02 Å². The summed E-state index contributed by atoms with van der Waals surface area (Å²) in [5.41, 5.74) is 9.14. The van der Waals surface area contributed by atoms with Crippen molar-refractivity contribution in [2.75, 3.05) is 5.73 Å². The maximum absolute atomic E-state index is 11.1. The van der Waals surface area contributed by atoms with Crippen LogP contribution in [-0.2, 0) is 0 Å². The van der Waals surface area contributed by atoms with Gasteiger partial charge in [-0.25, -0.2) is 14.5 Å². The van der Waals surface area contributed by atoms with Gasteiger partial charge in [0, 0.05) is 5.56 Å². The summed E-state index contributed by atoms with van der Waals surface area (Å²) in [6.45, 7) is 1.84. The number of nitrogen functional groups attached to an aromatic ring is 1. The number of aromatic carboxylic acids is 1. The zero-order valence-electron chi connectivity index (χ0n) is 13.3. The van der Waals surface area contributed by atoms with E-state index >= 15 is 0 Å². The highest BCUT2D eigenvalue weighted by atomic mass is 35.5. The standard InChI is InChI=1S/C18H15ClN4O2/c1-11-10-23(18(20)22-11)21-9-13-4-2-3-5-14(13)12-6-7-15(17(24)25)16(19)8-12/h2-10H,1H3,(H2,20,22)(H,24,25). The van der Waals surface area contributed by atoms with E-state index in [0.29, 0.717) is 5.95 Å². The first-order valence-electron chi connectivity index (χ1n) is 7.44. The number of nitrogens with two attached hydrogens (primary N) is 1. The molecule has 0 atom stereocenters. The summed E-state index contributed by atoms with van der Waals surface area (Å²) in [5, 5.41) is 13.6. The first-order chi connectivity index (χ1) is 12.0. The summed E-state index contributed by atoms with van der Waals surface area (Å²) in [6, 6.07) is 12.4. The third kappa shape index (κ3) is 3.54. The van der Waals surface area contributed by atoms with Crippen LogP contribution in [0.15, 0.2) is 53.8 Å². The number of benzene rings is 2. The number of hydrogen-bond acceptors (Lipinski definition) is 4. The van der Waals surface area contributed by atoms with Gasteiger partial charge in [-0.15, -0.1) is 0 Å². The predicted octanol–water partition coefficient (Wildman–Crippen LogP) is 3.67. The molecule has 7 heteroatoms. The summed E-state index contributed by atoms with van der Waals surface area (Å²) in [4.78, 5) is 15.2. The minimum Gasteiger partial charge on any atom is -0.478 e. The van der Waals surface area contributed by atoms with Gasteiger partial charge in [0.2, 0.25) is 5.95 Å². The SMILES string of the molecule is Cc1cn(N=Cc2ccccc2-c2ccc(C(=O)O)c(Cl)c2)c(N)n1. The second-order valence-corrected chi connectivity index (χ2v) is 5.82. The Morgan fingerprint density at radius 3 is 2.72 bits per heavy atom. The highest BCUT2D eigenvalue weighted by Crippen LogP contribution is 2.27. The van der Waals surface area contributed by atoms with Crippen molar-refractivity contribution in [1.29, 1.82) is 0 Å². The van der Waals surface area contributed by atoms with Crippen molar-refractivity contribution in [3.63, 3.8) is 0 Å². The number of halogens is 1. The summed E-state index contributed by atoms with van der Waals surface area (Å²) < 4.78 is 1.49. The van der Waals surface area contributed by atoms with E-state index in [-0.39, 0.29) is 10.6 Å². The Morgan fingerprint density at radius 1 is 1.32 bits per heavy atom. The number of hydrogen-bond donors (Lipinski definition) is 2. The summed E-state index contributed by atoms with van der Waals surface area (Å²) >= 11 is 6.08. The van der Waals surface area contributed by atoms with E-state index in [1.165, 1.54) is 10.7 Å². The quantitative estimate of drug-likeness (QED) is 0.699. The molecular formula is C18H15ClN4O2. The van der Waals surface area contributed by atoms with Crippen molar-refractivity contribution >= 4 is 29.7 Å². The Kier molecular flexibility index (Phi) is 4.54. The number of carboxylic acid groups (broad SMARTS) is 1. The topological polar surface area (TPSA) is 93.5 Å². The molecule has 0 radical (unpaired) electrons. The van der Waals surface area contributed by atoms with Gasteiger partial charge < -0.3 is 10.8 Å². The van der Waals surface area contributed by atoms with Crippen molar-refractivity contribution in [2.45, 2.75) is 6.92 Å². The van der Waals surface area contributed by atoms with E-state index in [1.54, 1.807) is 24.5 Å². The molecule has 25 heavy (non-hydrogen) atoms. The van der Waals surface area contributed by atoms with Crippen LogP contribution in [0.1, 0.15) is 21.6 Å². The smallest absolute Gasteiger partial charge is 0.337 e. The number of imidazole rings is 1. The fourth-order valence-corrected chi connectivity index (χ4v) is 2.71. The van der Waals surface area contributed by atoms with Crippen LogP contribution in [0.5, 0.6) is 0 Å². The predicted molar refractivity (Wildman–Crippen MR) is 98.2 cm³/mol. The van der Waals surface area contributed by atoms with E-state index in [4.69, 9.17) is 22.4 Å². The van der Waals surface area contributed by atoms with Crippen LogP contribution in [-0.4, -0.2) is 27.0 Å². The van der Waals surface area contributed by atoms with E-state index in [0.717, 1.165) is 22.4 Å². The highest BCUT2D eigenvalue weighted by Gasteiger charge is 2.11. The average Bonchev–Trinajstić information content (AvgIpc) is 2.90. The normalized spacial score (nSPS) is 11.1. The number of rotatable bonds is 4. The third-order valence-corrected chi connectivity index (χ3v) is 3.94. The van der Waals surface area contributed by atoms with Gasteiger partial charge in [-0.05, 0) is 30.2 Å². The first kappa shape index (κ1) is 16.7. The Balaban J connectivity index is 2.00. The lowest BCUT2D eigenvalue weighted by Gasteiger charge is -2.08. The number of carboxylic acids is 1. The lowest BCUT2D eigenvalue weighted by Crippen LogP contribution is -1.99. The Labute approximate surface area is 149 Å². The molecule has 1 heterocycles. The molecule has 0 aliphatic heterocycles. The van der Waals surface area contributed by atoms with Gasteiger partial charge in [0.25, 0.3) is 0 Å². The highest BCUT2D eigenvalue weighted by molar-refractivity contribution is 6.33. The molecule has 3 aromatic rings. The molecule has 0 aliphatic carbocycles. The lowest BCUT2D eigenvalue weighted by atomic mass is 9.99. The third-order valence-electron chi connectivity index (χ3n) is 3.63. The van der Waals surface area contributed by atoms with Crippen molar-refractivity contribution in [3.8, 4) is 11.1 Å². The molecule has 0 saturated carbocycles. The number of anilines is 1. The Hall–Kier alpha value is -3.12. The molecule has 0 aliphatic rings. The fraction of sp³-hybridized carbons (Fsp3) is 0.0556. The number of nitrogens with zero attached hydrogens (tertiary/aromatic N) is 3. The molecule has 0 saturated heterocycles. The first-order valence-corrected chi connectivity index (χ1v) is 7.81. The molecule has 2 aromatic carbocycles. The molecule has 3 N–H and O–H groups in total. The molecule has 1 aromatic heterocycles. The van der Waals surface area contributed by atoms with E-state index in [1.807, 2.05) is 31.2 Å². The maximum atomic E-state index is 11.1. The van der Waals surface area contributed by atoms with E-state index in [2.05, 4.69) is 10.1 Å². The van der Waals surface area contributed by atoms with Crippen LogP contribution >= 0.6 is 11.6 Å². The monoisotopic (exact) mass is 354 g/mol. The zero-order valence-corrected chi connectivity index (χ0v) is 14.1. The lowest BCUT2D eigenvalue weighted by molar-refractivity contribution is 0.0697. The van der Waals surface area contributed by atoms with Crippen LogP contribution < -0.4 is 5.73 Å². The molecule has 6 nitrogen and oxygen atoms in total. The minimum atomic E-state index is -1.06. The number of aryl methyl sites for hydroxylation is 1. The molecule has 0 amide bonds. The van der Waals surface area contributed by atoms with Crippen molar-refractivity contribution in [3.05, 3.63) is 70.5 Å². The number of aromatic nitrogens is 2. The minimum absolute atomic E-state index is 0.0678. The van der Waals surface area contributed by atoms with Gasteiger partial charge >= 0.3 is 5.97 Å². The second kappa shape index (κ2) is 6.78. The zero-order chi connectivity index (χ0) is 18.0. The molecule has 3 rings (SSSR count). The Bertz CT molecular complexity index is 979. The number of carbonyl (C=O) groups is 1. The summed E-state index contributed by atoms with van der Waals surface area (Å²) in [5.74, 6) is -0.752. The van der Waals surface area contributed by atoms with Gasteiger partial charge in [0.15, 0.2) is 0 Å². The molecule has 0 spiro atoms. The molecular weight excluding hydrogens is 340 g/mol. The fourth-order valence-electron chi connectivity index (χ4n) is 2.45. The molecule has 0 unspecified atom stereocenters. The van der Waals surface area contributed by atoms with Gasteiger partial charge in [0.05, 0.1) is 28.7 Å². The maximum Gasteiger partial charge on any atom is 0.337 e. The van der Waals surface area contributed by atoms with Gasteiger partial charge in [0.1, 0.15) is 0 Å². The van der Waals surface area contributed by atoms with E-state index in [9.17, 15) is 4.79 Å². The summed E-state index contributed by atoms with van der Waals surface area (Å²) in [7, 11) is 0. The van der Waals surface area contributed by atoms with Gasteiger partial charge in [-0.3, -0.25) is 0 Å². The van der Waals surface area contributed by atoms with Gasteiger partial charge in [-0.1, -0.05) is 41.9 Å². The molecule has 0 bridgehead atoms. The summed E-state index contributed by atoms with van der Waals surface area (Å²) in [6.07, 6.45) is 3.40. The molecule has 126 valence electrons. The average molecular weight is 355 g/mol.